The Bertz CT molecular complexity index is 477. The molecule has 1 atom stereocenters. The molecule has 0 N–H and O–H groups in total. The maximum absolute atomic E-state index is 12.1. The first-order chi connectivity index (χ1) is 9.24. The zero-order valence-corrected chi connectivity index (χ0v) is 11.5. The van der Waals surface area contributed by atoms with E-state index in [1.54, 1.807) is 14.2 Å². The van der Waals surface area contributed by atoms with E-state index in [2.05, 4.69) is 0 Å². The predicted molar refractivity (Wildman–Crippen MR) is 75.2 cm³/mol. The molecule has 0 amide bonds. The van der Waals surface area contributed by atoms with Crippen LogP contribution in [0.25, 0.3) is 6.08 Å². The summed E-state index contributed by atoms with van der Waals surface area (Å²) in [5.41, 5.74) is 1.87. The average molecular weight is 260 g/mol. The van der Waals surface area contributed by atoms with Gasteiger partial charge in [0.25, 0.3) is 0 Å². The molecule has 2 rings (SSSR count). The summed E-state index contributed by atoms with van der Waals surface area (Å²) in [5, 5.41) is 0. The van der Waals surface area contributed by atoms with E-state index >= 15 is 0 Å². The van der Waals surface area contributed by atoms with Gasteiger partial charge < -0.3 is 9.47 Å². The molecule has 0 saturated heterocycles. The number of allylic oxidation sites excluding steroid dienone is 1. The van der Waals surface area contributed by atoms with E-state index in [0.29, 0.717) is 18.9 Å². The number of para-hydroxylation sites is 1. The van der Waals surface area contributed by atoms with Crippen LogP contribution >= 0.6 is 0 Å². The Morgan fingerprint density at radius 3 is 2.79 bits per heavy atom. The fourth-order valence-electron chi connectivity index (χ4n) is 2.50. The van der Waals surface area contributed by atoms with E-state index in [1.165, 1.54) is 0 Å². The number of hydrogen-bond donors (Lipinski definition) is 0. The minimum Gasteiger partial charge on any atom is -0.496 e. The fraction of sp³-hybridized carbons (Fsp3) is 0.438. The number of hydrogen-bond acceptors (Lipinski definition) is 3. The second kappa shape index (κ2) is 6.53. The van der Waals surface area contributed by atoms with Crippen LogP contribution in [0, 0.1) is 5.92 Å². The van der Waals surface area contributed by atoms with E-state index in [0.717, 1.165) is 29.7 Å². The van der Waals surface area contributed by atoms with Gasteiger partial charge in [-0.25, -0.2) is 0 Å². The van der Waals surface area contributed by atoms with Crippen molar-refractivity contribution in [3.05, 3.63) is 35.4 Å². The summed E-state index contributed by atoms with van der Waals surface area (Å²) < 4.78 is 10.4. The SMILES string of the molecule is COCC1CCC(=Cc2ccccc2OC)C(=O)C1. The molecule has 0 radical (unpaired) electrons. The number of Topliss-reactive ketones (excluding diaryl/α,β-unsaturated/α-hetero) is 1. The second-order valence-electron chi connectivity index (χ2n) is 4.90. The molecule has 1 aromatic rings. The Kier molecular flexibility index (Phi) is 4.74. The van der Waals surface area contributed by atoms with Gasteiger partial charge in [0.15, 0.2) is 5.78 Å². The van der Waals surface area contributed by atoms with Gasteiger partial charge in [-0.15, -0.1) is 0 Å². The molecule has 1 aliphatic carbocycles. The highest BCUT2D eigenvalue weighted by molar-refractivity contribution is 6.00. The molecular weight excluding hydrogens is 240 g/mol. The van der Waals surface area contributed by atoms with Crippen molar-refractivity contribution in [2.45, 2.75) is 19.3 Å². The maximum Gasteiger partial charge on any atom is 0.159 e. The van der Waals surface area contributed by atoms with Crippen LogP contribution in [0.5, 0.6) is 5.75 Å². The lowest BCUT2D eigenvalue weighted by Gasteiger charge is -2.22. The van der Waals surface area contributed by atoms with E-state index in [4.69, 9.17) is 9.47 Å². The molecule has 3 nitrogen and oxygen atoms in total. The van der Waals surface area contributed by atoms with Gasteiger partial charge in [-0.05, 0) is 36.5 Å². The van der Waals surface area contributed by atoms with E-state index < -0.39 is 0 Å². The number of methoxy groups -OCH3 is 2. The van der Waals surface area contributed by atoms with Crippen LogP contribution in [0.15, 0.2) is 29.8 Å². The highest BCUT2D eigenvalue weighted by Gasteiger charge is 2.23. The second-order valence-corrected chi connectivity index (χ2v) is 4.90. The first-order valence-corrected chi connectivity index (χ1v) is 6.60. The van der Waals surface area contributed by atoms with Crippen molar-refractivity contribution >= 4 is 11.9 Å². The van der Waals surface area contributed by atoms with Crippen molar-refractivity contribution in [2.75, 3.05) is 20.8 Å². The summed E-state index contributed by atoms with van der Waals surface area (Å²) in [6, 6.07) is 7.77. The molecule has 19 heavy (non-hydrogen) atoms. The highest BCUT2D eigenvalue weighted by atomic mass is 16.5. The van der Waals surface area contributed by atoms with Gasteiger partial charge in [0.2, 0.25) is 0 Å². The molecule has 0 heterocycles. The van der Waals surface area contributed by atoms with Crippen molar-refractivity contribution in [3.8, 4) is 5.75 Å². The molecule has 0 aromatic heterocycles. The third-order valence-corrected chi connectivity index (χ3v) is 3.53. The maximum atomic E-state index is 12.1. The quantitative estimate of drug-likeness (QED) is 0.780. The number of ether oxygens (including phenoxy) is 2. The molecule has 102 valence electrons. The number of benzene rings is 1. The van der Waals surface area contributed by atoms with Crippen LogP contribution in [0.1, 0.15) is 24.8 Å². The zero-order valence-electron chi connectivity index (χ0n) is 11.5. The number of carbonyl (C=O) groups excluding carboxylic acids is 1. The van der Waals surface area contributed by atoms with Crippen molar-refractivity contribution in [1.29, 1.82) is 0 Å². The minimum atomic E-state index is 0.235. The lowest BCUT2D eigenvalue weighted by atomic mass is 9.84. The molecule has 1 aromatic carbocycles. The highest BCUT2D eigenvalue weighted by Crippen LogP contribution is 2.29. The van der Waals surface area contributed by atoms with Crippen LogP contribution in [0.3, 0.4) is 0 Å². The van der Waals surface area contributed by atoms with Gasteiger partial charge in [0, 0.05) is 25.7 Å². The number of rotatable bonds is 4. The lowest BCUT2D eigenvalue weighted by molar-refractivity contribution is -0.118. The first-order valence-electron chi connectivity index (χ1n) is 6.60. The lowest BCUT2D eigenvalue weighted by Crippen LogP contribution is -2.21. The zero-order chi connectivity index (χ0) is 13.7. The third-order valence-electron chi connectivity index (χ3n) is 3.53. The Hall–Kier alpha value is -1.61. The van der Waals surface area contributed by atoms with Crippen LogP contribution < -0.4 is 4.74 Å². The van der Waals surface area contributed by atoms with Gasteiger partial charge in [-0.3, -0.25) is 4.79 Å². The number of ketones is 1. The third kappa shape index (κ3) is 3.44. The average Bonchev–Trinajstić information content (AvgIpc) is 2.43. The molecule has 3 heteroatoms. The summed E-state index contributed by atoms with van der Waals surface area (Å²) in [6.07, 6.45) is 4.39. The van der Waals surface area contributed by atoms with E-state index in [9.17, 15) is 4.79 Å². The molecule has 1 fully saturated rings. The van der Waals surface area contributed by atoms with Crippen molar-refractivity contribution in [3.63, 3.8) is 0 Å². The van der Waals surface area contributed by atoms with E-state index in [1.807, 2.05) is 30.3 Å². The van der Waals surface area contributed by atoms with Crippen molar-refractivity contribution in [1.82, 2.24) is 0 Å². The molecule has 1 saturated carbocycles. The van der Waals surface area contributed by atoms with Crippen LogP contribution in [-0.4, -0.2) is 26.6 Å². The van der Waals surface area contributed by atoms with Gasteiger partial charge in [0.05, 0.1) is 7.11 Å². The van der Waals surface area contributed by atoms with Gasteiger partial charge in [-0.1, -0.05) is 18.2 Å². The summed E-state index contributed by atoms with van der Waals surface area (Å²) >= 11 is 0. The topological polar surface area (TPSA) is 35.5 Å². The molecule has 1 aliphatic rings. The van der Waals surface area contributed by atoms with Crippen LogP contribution in [0.2, 0.25) is 0 Å². The van der Waals surface area contributed by atoms with Gasteiger partial charge >= 0.3 is 0 Å². The largest absolute Gasteiger partial charge is 0.496 e. The monoisotopic (exact) mass is 260 g/mol. The molecule has 0 aliphatic heterocycles. The van der Waals surface area contributed by atoms with E-state index in [-0.39, 0.29) is 5.78 Å². The molecule has 1 unspecified atom stereocenters. The first kappa shape index (κ1) is 13.8. The summed E-state index contributed by atoms with van der Waals surface area (Å²) in [7, 11) is 3.33. The molecular formula is C16H20O3. The summed E-state index contributed by atoms with van der Waals surface area (Å²) in [5.74, 6) is 1.41. The smallest absolute Gasteiger partial charge is 0.159 e. The number of carbonyl (C=O) groups is 1. The van der Waals surface area contributed by atoms with Gasteiger partial charge in [0.1, 0.15) is 5.75 Å². The summed E-state index contributed by atoms with van der Waals surface area (Å²) in [6.45, 7) is 0.674. The Morgan fingerprint density at radius 1 is 1.32 bits per heavy atom. The van der Waals surface area contributed by atoms with Gasteiger partial charge in [-0.2, -0.15) is 0 Å². The Labute approximate surface area is 114 Å². The predicted octanol–water partition coefficient (Wildman–Crippen LogP) is 3.09. The minimum absolute atomic E-state index is 0.235. The Balaban J connectivity index is 2.14. The fourth-order valence-corrected chi connectivity index (χ4v) is 2.50. The van der Waals surface area contributed by atoms with Crippen molar-refractivity contribution < 1.29 is 14.3 Å². The standard InChI is InChI=1S/C16H20O3/c1-18-11-12-7-8-13(15(17)9-12)10-14-5-3-4-6-16(14)19-2/h3-6,10,12H,7-9,11H2,1-2H3. The molecule has 0 spiro atoms. The van der Waals surface area contributed by atoms with Crippen LogP contribution in [0.4, 0.5) is 0 Å². The Morgan fingerprint density at radius 2 is 2.11 bits per heavy atom. The normalized spacial score (nSPS) is 21.7. The van der Waals surface area contributed by atoms with Crippen LogP contribution in [-0.2, 0) is 9.53 Å². The van der Waals surface area contributed by atoms with Crippen molar-refractivity contribution in [2.24, 2.45) is 5.92 Å². The summed E-state index contributed by atoms with van der Waals surface area (Å²) in [4.78, 5) is 12.1. The molecule has 0 bridgehead atoms.